The Morgan fingerprint density at radius 3 is 2.84 bits per heavy atom. The molecule has 6 heteroatoms. The standard InChI is InChI=1S/C13H16FN3OS/c1-4-15-12(13-8(2)16-17-19-13)10-7-9(14)5-6-11(10)18-3/h5-7,12,15H,4H2,1-3H3. The molecule has 0 bridgehead atoms. The van der Waals surface area contributed by atoms with Crippen molar-refractivity contribution in [2.24, 2.45) is 0 Å². The summed E-state index contributed by atoms with van der Waals surface area (Å²) in [6, 6.07) is 4.36. The van der Waals surface area contributed by atoms with Crippen LogP contribution in [0.15, 0.2) is 18.2 Å². The Kier molecular flexibility index (Phi) is 4.44. The topological polar surface area (TPSA) is 47.0 Å². The highest BCUT2D eigenvalue weighted by molar-refractivity contribution is 7.05. The first-order valence-corrected chi connectivity index (χ1v) is 6.80. The summed E-state index contributed by atoms with van der Waals surface area (Å²) in [4.78, 5) is 0.978. The van der Waals surface area contributed by atoms with Gasteiger partial charge in [0.15, 0.2) is 0 Å². The Morgan fingerprint density at radius 1 is 1.47 bits per heavy atom. The van der Waals surface area contributed by atoms with Crippen LogP contribution in [0, 0.1) is 12.7 Å². The smallest absolute Gasteiger partial charge is 0.124 e. The molecule has 0 saturated carbocycles. The molecule has 0 saturated heterocycles. The van der Waals surface area contributed by atoms with Crippen LogP contribution in [0.5, 0.6) is 5.75 Å². The number of hydrogen-bond acceptors (Lipinski definition) is 5. The van der Waals surface area contributed by atoms with Crippen molar-refractivity contribution in [3.63, 3.8) is 0 Å². The molecule has 1 N–H and O–H groups in total. The van der Waals surface area contributed by atoms with Crippen LogP contribution in [-0.4, -0.2) is 23.2 Å². The number of aromatic nitrogens is 2. The lowest BCUT2D eigenvalue weighted by atomic mass is 10.0. The van der Waals surface area contributed by atoms with Crippen molar-refractivity contribution < 1.29 is 9.13 Å². The van der Waals surface area contributed by atoms with Gasteiger partial charge in [0.05, 0.1) is 23.7 Å². The summed E-state index contributed by atoms with van der Waals surface area (Å²) < 4.78 is 22.8. The zero-order valence-electron chi connectivity index (χ0n) is 11.1. The van der Waals surface area contributed by atoms with Crippen molar-refractivity contribution in [2.75, 3.05) is 13.7 Å². The summed E-state index contributed by atoms with van der Waals surface area (Å²) in [5.41, 5.74) is 1.61. The van der Waals surface area contributed by atoms with Crippen LogP contribution in [0.25, 0.3) is 0 Å². The number of benzene rings is 1. The van der Waals surface area contributed by atoms with Crippen molar-refractivity contribution >= 4 is 11.5 Å². The normalized spacial score (nSPS) is 12.4. The molecule has 0 aliphatic rings. The van der Waals surface area contributed by atoms with Crippen LogP contribution in [0.1, 0.15) is 29.1 Å². The maximum Gasteiger partial charge on any atom is 0.124 e. The van der Waals surface area contributed by atoms with Gasteiger partial charge >= 0.3 is 0 Å². The van der Waals surface area contributed by atoms with Crippen LogP contribution in [0.2, 0.25) is 0 Å². The molecule has 1 aromatic carbocycles. The molecule has 2 rings (SSSR count). The molecule has 1 unspecified atom stereocenters. The van der Waals surface area contributed by atoms with E-state index in [4.69, 9.17) is 4.74 Å². The van der Waals surface area contributed by atoms with Gasteiger partial charge in [-0.25, -0.2) is 4.39 Å². The Bertz CT molecular complexity index is 559. The number of nitrogens with zero attached hydrogens (tertiary/aromatic N) is 2. The van der Waals surface area contributed by atoms with E-state index in [0.717, 1.165) is 22.7 Å². The van der Waals surface area contributed by atoms with Gasteiger partial charge in [0.25, 0.3) is 0 Å². The molecular weight excluding hydrogens is 265 g/mol. The van der Waals surface area contributed by atoms with Crippen molar-refractivity contribution in [3.05, 3.63) is 40.2 Å². The van der Waals surface area contributed by atoms with E-state index in [1.165, 1.54) is 23.7 Å². The minimum Gasteiger partial charge on any atom is -0.496 e. The lowest BCUT2D eigenvalue weighted by Gasteiger charge is -2.19. The molecule has 0 aliphatic carbocycles. The summed E-state index contributed by atoms with van der Waals surface area (Å²) in [6.07, 6.45) is 0. The summed E-state index contributed by atoms with van der Waals surface area (Å²) in [5.74, 6) is 0.369. The van der Waals surface area contributed by atoms with E-state index in [2.05, 4.69) is 14.9 Å². The molecule has 0 spiro atoms. The van der Waals surface area contributed by atoms with E-state index in [9.17, 15) is 4.39 Å². The first-order chi connectivity index (χ1) is 9.17. The molecule has 0 fully saturated rings. The summed E-state index contributed by atoms with van der Waals surface area (Å²) in [6.45, 7) is 4.65. The fourth-order valence-corrected chi connectivity index (χ4v) is 2.72. The van der Waals surface area contributed by atoms with Gasteiger partial charge < -0.3 is 10.1 Å². The molecule has 0 radical (unpaired) electrons. The maximum absolute atomic E-state index is 13.5. The fraction of sp³-hybridized carbons (Fsp3) is 0.385. The van der Waals surface area contributed by atoms with Crippen molar-refractivity contribution in [1.29, 1.82) is 0 Å². The van der Waals surface area contributed by atoms with E-state index in [-0.39, 0.29) is 11.9 Å². The number of ether oxygens (including phenoxy) is 1. The Morgan fingerprint density at radius 2 is 2.26 bits per heavy atom. The largest absolute Gasteiger partial charge is 0.496 e. The average Bonchev–Trinajstić information content (AvgIpc) is 2.82. The minimum absolute atomic E-state index is 0.157. The third kappa shape index (κ3) is 2.90. The molecule has 0 amide bonds. The lowest BCUT2D eigenvalue weighted by Crippen LogP contribution is -2.22. The second-order valence-corrected chi connectivity index (χ2v) is 4.89. The molecule has 1 heterocycles. The molecule has 102 valence electrons. The number of aryl methyl sites for hydroxylation is 1. The zero-order chi connectivity index (χ0) is 13.8. The summed E-state index contributed by atoms with van der Waals surface area (Å²) >= 11 is 1.32. The molecule has 1 atom stereocenters. The highest BCUT2D eigenvalue weighted by Gasteiger charge is 2.22. The quantitative estimate of drug-likeness (QED) is 0.915. The molecule has 4 nitrogen and oxygen atoms in total. The molecule has 2 aromatic rings. The number of nitrogens with one attached hydrogen (secondary N) is 1. The first kappa shape index (κ1) is 13.9. The lowest BCUT2D eigenvalue weighted by molar-refractivity contribution is 0.403. The molecular formula is C13H16FN3OS. The summed E-state index contributed by atoms with van der Waals surface area (Å²) in [7, 11) is 1.58. The Hall–Kier alpha value is -1.53. The van der Waals surface area contributed by atoms with E-state index in [0.29, 0.717) is 5.75 Å². The highest BCUT2D eigenvalue weighted by Crippen LogP contribution is 2.33. The van der Waals surface area contributed by atoms with Gasteiger partial charge in [0.2, 0.25) is 0 Å². The molecule has 19 heavy (non-hydrogen) atoms. The third-order valence-corrected chi connectivity index (χ3v) is 3.75. The van der Waals surface area contributed by atoms with Gasteiger partial charge in [-0.3, -0.25) is 0 Å². The highest BCUT2D eigenvalue weighted by atomic mass is 32.1. The van der Waals surface area contributed by atoms with Crippen LogP contribution in [0.4, 0.5) is 4.39 Å². The van der Waals surface area contributed by atoms with E-state index < -0.39 is 0 Å². The fourth-order valence-electron chi connectivity index (χ4n) is 1.98. The van der Waals surface area contributed by atoms with Gasteiger partial charge in [-0.1, -0.05) is 11.4 Å². The number of rotatable bonds is 5. The van der Waals surface area contributed by atoms with E-state index >= 15 is 0 Å². The zero-order valence-corrected chi connectivity index (χ0v) is 11.9. The van der Waals surface area contributed by atoms with Gasteiger partial charge in [-0.15, -0.1) is 5.10 Å². The predicted molar refractivity (Wildman–Crippen MR) is 73.1 cm³/mol. The van der Waals surface area contributed by atoms with Crippen LogP contribution in [0.3, 0.4) is 0 Å². The molecule has 0 aliphatic heterocycles. The van der Waals surface area contributed by atoms with Crippen LogP contribution >= 0.6 is 11.5 Å². The monoisotopic (exact) mass is 281 g/mol. The third-order valence-electron chi connectivity index (χ3n) is 2.86. The SMILES string of the molecule is CCNC(c1cc(F)ccc1OC)c1snnc1C. The van der Waals surface area contributed by atoms with Crippen LogP contribution < -0.4 is 10.1 Å². The van der Waals surface area contributed by atoms with Crippen molar-refractivity contribution in [3.8, 4) is 5.75 Å². The van der Waals surface area contributed by atoms with Gasteiger partial charge in [-0.2, -0.15) is 0 Å². The second kappa shape index (κ2) is 6.08. The number of hydrogen-bond donors (Lipinski definition) is 1. The van der Waals surface area contributed by atoms with Gasteiger partial charge in [0, 0.05) is 5.56 Å². The minimum atomic E-state index is -0.283. The van der Waals surface area contributed by atoms with Gasteiger partial charge in [0.1, 0.15) is 11.6 Å². The Balaban J connectivity index is 2.50. The second-order valence-electron chi connectivity index (χ2n) is 4.10. The summed E-state index contributed by atoms with van der Waals surface area (Å²) in [5, 5.41) is 7.34. The van der Waals surface area contributed by atoms with E-state index in [1.54, 1.807) is 13.2 Å². The maximum atomic E-state index is 13.5. The number of methoxy groups -OCH3 is 1. The van der Waals surface area contributed by atoms with Crippen molar-refractivity contribution in [2.45, 2.75) is 19.9 Å². The van der Waals surface area contributed by atoms with Gasteiger partial charge in [-0.05, 0) is 43.2 Å². The first-order valence-electron chi connectivity index (χ1n) is 6.03. The van der Waals surface area contributed by atoms with Crippen molar-refractivity contribution in [1.82, 2.24) is 14.9 Å². The number of halogens is 1. The molecule has 1 aromatic heterocycles. The average molecular weight is 281 g/mol. The van der Waals surface area contributed by atoms with Crippen LogP contribution in [-0.2, 0) is 0 Å². The Labute approximate surface area is 115 Å². The van der Waals surface area contributed by atoms with E-state index in [1.807, 2.05) is 13.8 Å². The predicted octanol–water partition coefficient (Wildman–Crippen LogP) is 2.69.